The highest BCUT2D eigenvalue weighted by Gasteiger charge is 2.35. The summed E-state index contributed by atoms with van der Waals surface area (Å²) in [6.45, 7) is 3.16. The number of aryl methyl sites for hydroxylation is 2. The van der Waals surface area contributed by atoms with Gasteiger partial charge < -0.3 is 18.9 Å². The summed E-state index contributed by atoms with van der Waals surface area (Å²) in [6.07, 6.45) is 0.843. The number of hydrogen-bond donors (Lipinski definition) is 1. The molecule has 0 radical (unpaired) electrons. The molecule has 0 bridgehead atoms. The Labute approximate surface area is 224 Å². The van der Waals surface area contributed by atoms with E-state index in [4.69, 9.17) is 18.9 Å². The van der Waals surface area contributed by atoms with Crippen LogP contribution >= 0.6 is 0 Å². The molecule has 10 heteroatoms. The number of ether oxygens (including phenoxy) is 4. The van der Waals surface area contributed by atoms with E-state index in [1.807, 2.05) is 13.8 Å². The van der Waals surface area contributed by atoms with Gasteiger partial charge in [0.2, 0.25) is 0 Å². The monoisotopic (exact) mass is 527 g/mol. The number of fused-ring (bicyclic) bond motifs is 2. The van der Waals surface area contributed by atoms with Gasteiger partial charge in [0.15, 0.2) is 18.2 Å². The Balaban J connectivity index is 1.29. The second-order valence-corrected chi connectivity index (χ2v) is 8.84. The highest BCUT2D eigenvalue weighted by molar-refractivity contribution is 6.21. The highest BCUT2D eigenvalue weighted by Crippen LogP contribution is 2.38. The van der Waals surface area contributed by atoms with Crippen molar-refractivity contribution < 1.29 is 33.3 Å². The summed E-state index contributed by atoms with van der Waals surface area (Å²) in [5.41, 5.74) is 3.21. The molecule has 2 heterocycles. The Morgan fingerprint density at radius 3 is 2.18 bits per heavy atom. The van der Waals surface area contributed by atoms with Crippen LogP contribution in [0.3, 0.4) is 0 Å². The van der Waals surface area contributed by atoms with Gasteiger partial charge in [0.25, 0.3) is 11.8 Å². The topological polar surface area (TPSA) is 116 Å². The number of carbonyl (C=O) groups is 3. The van der Waals surface area contributed by atoms with Crippen LogP contribution in [0.1, 0.15) is 31.8 Å². The van der Waals surface area contributed by atoms with Crippen LogP contribution in [0.25, 0.3) is 10.9 Å². The molecule has 1 aliphatic rings. The summed E-state index contributed by atoms with van der Waals surface area (Å²) in [5.74, 6) is 1.26. The standard InChI is InChI=1S/C29H25N3O7/c1-16-12-24(39-23-9-10-30-22-14-26(37-4)25(36-3)13-20(22)23)17(2)11-21(16)31-29(35)38-15-32-27(33)18-7-5-6-8-19(18)28(32)34/h5-14H,15H2,1-4H3,(H,31,35). The molecule has 39 heavy (non-hydrogen) atoms. The maximum atomic E-state index is 12.5. The number of anilines is 1. The number of nitrogens with one attached hydrogen (secondary N) is 1. The third-order valence-corrected chi connectivity index (χ3v) is 6.39. The Morgan fingerprint density at radius 2 is 1.51 bits per heavy atom. The van der Waals surface area contributed by atoms with Crippen molar-refractivity contribution in [2.75, 3.05) is 26.3 Å². The Morgan fingerprint density at radius 1 is 0.846 bits per heavy atom. The Hall–Kier alpha value is -5.12. The summed E-state index contributed by atoms with van der Waals surface area (Å²) in [6, 6.07) is 15.4. The maximum Gasteiger partial charge on any atom is 0.413 e. The summed E-state index contributed by atoms with van der Waals surface area (Å²) < 4.78 is 22.2. The molecule has 0 unspecified atom stereocenters. The summed E-state index contributed by atoms with van der Waals surface area (Å²) in [5, 5.41) is 3.41. The van der Waals surface area contributed by atoms with Crippen LogP contribution in [-0.2, 0) is 4.74 Å². The van der Waals surface area contributed by atoms with E-state index in [1.165, 1.54) is 0 Å². The fourth-order valence-electron chi connectivity index (χ4n) is 4.31. The number of methoxy groups -OCH3 is 2. The molecule has 0 aliphatic carbocycles. The van der Waals surface area contributed by atoms with Crippen molar-refractivity contribution >= 4 is 34.5 Å². The Bertz CT molecular complexity index is 1600. The van der Waals surface area contributed by atoms with Crippen molar-refractivity contribution in [3.63, 3.8) is 0 Å². The van der Waals surface area contributed by atoms with Crippen molar-refractivity contribution in [2.24, 2.45) is 0 Å². The van der Waals surface area contributed by atoms with Crippen molar-refractivity contribution in [2.45, 2.75) is 13.8 Å². The second kappa shape index (κ2) is 10.3. The minimum atomic E-state index is -0.802. The van der Waals surface area contributed by atoms with Gasteiger partial charge in [0.05, 0.1) is 30.9 Å². The average Bonchev–Trinajstić information content (AvgIpc) is 3.18. The largest absolute Gasteiger partial charge is 0.493 e. The molecule has 0 spiro atoms. The molecule has 0 saturated heterocycles. The first-order valence-electron chi connectivity index (χ1n) is 12.0. The lowest BCUT2D eigenvalue weighted by molar-refractivity contribution is 0.0449. The lowest BCUT2D eigenvalue weighted by atomic mass is 10.1. The fourth-order valence-corrected chi connectivity index (χ4v) is 4.31. The van der Waals surface area contributed by atoms with Gasteiger partial charge in [0, 0.05) is 23.3 Å². The fraction of sp³-hybridized carbons (Fsp3) is 0.172. The summed E-state index contributed by atoms with van der Waals surface area (Å²) in [4.78, 5) is 42.8. The van der Waals surface area contributed by atoms with E-state index in [2.05, 4.69) is 10.3 Å². The molecule has 0 saturated carbocycles. The van der Waals surface area contributed by atoms with E-state index in [9.17, 15) is 14.4 Å². The molecule has 10 nitrogen and oxygen atoms in total. The van der Waals surface area contributed by atoms with Crippen LogP contribution in [-0.4, -0.2) is 48.7 Å². The van der Waals surface area contributed by atoms with Gasteiger partial charge in [-0.05, 0) is 61.4 Å². The van der Waals surface area contributed by atoms with Gasteiger partial charge in [0.1, 0.15) is 11.5 Å². The van der Waals surface area contributed by atoms with Crippen molar-refractivity contribution in [3.8, 4) is 23.0 Å². The van der Waals surface area contributed by atoms with Gasteiger partial charge in [-0.3, -0.25) is 19.9 Å². The predicted molar refractivity (Wildman–Crippen MR) is 143 cm³/mol. The van der Waals surface area contributed by atoms with E-state index in [1.54, 1.807) is 75.0 Å². The first-order valence-corrected chi connectivity index (χ1v) is 12.0. The minimum absolute atomic E-state index is 0.285. The zero-order chi connectivity index (χ0) is 27.7. The molecular formula is C29H25N3O7. The summed E-state index contributed by atoms with van der Waals surface area (Å²) >= 11 is 0. The van der Waals surface area contributed by atoms with Crippen LogP contribution < -0.4 is 19.5 Å². The Kier molecular flexibility index (Phi) is 6.76. The van der Waals surface area contributed by atoms with E-state index in [0.717, 1.165) is 15.8 Å². The van der Waals surface area contributed by atoms with Crippen LogP contribution in [0, 0.1) is 13.8 Å². The SMILES string of the molecule is COc1cc2nccc(Oc3cc(C)c(NC(=O)OCN4C(=O)c5ccccc5C4=O)cc3C)c2cc1OC. The number of carbonyl (C=O) groups excluding carboxylic acids is 3. The van der Waals surface area contributed by atoms with Gasteiger partial charge in [-0.15, -0.1) is 0 Å². The highest BCUT2D eigenvalue weighted by atomic mass is 16.6. The van der Waals surface area contributed by atoms with Gasteiger partial charge in [-0.2, -0.15) is 0 Å². The zero-order valence-corrected chi connectivity index (χ0v) is 21.7. The van der Waals surface area contributed by atoms with E-state index < -0.39 is 24.6 Å². The lowest BCUT2D eigenvalue weighted by Gasteiger charge is -2.17. The predicted octanol–water partition coefficient (Wildman–Crippen LogP) is 5.46. The third-order valence-electron chi connectivity index (χ3n) is 6.39. The number of amides is 3. The molecule has 1 aromatic heterocycles. The number of pyridine rings is 1. The number of benzene rings is 3. The first-order chi connectivity index (χ1) is 18.8. The summed E-state index contributed by atoms with van der Waals surface area (Å²) in [7, 11) is 3.12. The molecule has 1 N–H and O–H groups in total. The van der Waals surface area contributed by atoms with Crippen LogP contribution in [0.5, 0.6) is 23.0 Å². The van der Waals surface area contributed by atoms with Crippen molar-refractivity contribution in [3.05, 3.63) is 83.0 Å². The molecule has 5 rings (SSSR count). The van der Waals surface area contributed by atoms with Crippen LogP contribution in [0.2, 0.25) is 0 Å². The second-order valence-electron chi connectivity index (χ2n) is 8.84. The van der Waals surface area contributed by atoms with Crippen LogP contribution in [0.4, 0.5) is 10.5 Å². The smallest absolute Gasteiger partial charge is 0.413 e. The van der Waals surface area contributed by atoms with Gasteiger partial charge in [-0.1, -0.05) is 12.1 Å². The minimum Gasteiger partial charge on any atom is -0.493 e. The van der Waals surface area contributed by atoms with Crippen molar-refractivity contribution in [1.82, 2.24) is 9.88 Å². The molecule has 0 atom stereocenters. The molecule has 3 amide bonds. The molecule has 4 aromatic rings. The number of rotatable bonds is 7. The number of hydrogen-bond acceptors (Lipinski definition) is 8. The molecule has 198 valence electrons. The number of nitrogens with zero attached hydrogens (tertiary/aromatic N) is 2. The molecule has 1 aliphatic heterocycles. The normalized spacial score (nSPS) is 12.4. The first kappa shape index (κ1) is 25.5. The van der Waals surface area contributed by atoms with Crippen LogP contribution in [0.15, 0.2) is 60.8 Å². The maximum absolute atomic E-state index is 12.5. The van der Waals surface area contributed by atoms with E-state index in [-0.39, 0.29) is 11.1 Å². The average molecular weight is 528 g/mol. The third kappa shape index (κ3) is 4.79. The van der Waals surface area contributed by atoms with Gasteiger partial charge >= 0.3 is 6.09 Å². The lowest BCUT2D eigenvalue weighted by Crippen LogP contribution is -2.34. The van der Waals surface area contributed by atoms with E-state index in [0.29, 0.717) is 39.8 Å². The van der Waals surface area contributed by atoms with Crippen molar-refractivity contribution in [1.29, 1.82) is 0 Å². The quantitative estimate of drug-likeness (QED) is 0.315. The molecule has 3 aromatic carbocycles. The number of imide groups is 1. The molecular weight excluding hydrogens is 502 g/mol. The van der Waals surface area contributed by atoms with E-state index >= 15 is 0 Å². The van der Waals surface area contributed by atoms with Gasteiger partial charge in [-0.25, -0.2) is 9.69 Å². The number of aromatic nitrogens is 1. The molecule has 0 fully saturated rings. The zero-order valence-electron chi connectivity index (χ0n) is 21.7.